The molecule has 1 rings (SSSR count). The van der Waals surface area contributed by atoms with Gasteiger partial charge in [-0.2, -0.15) is 0 Å². The Bertz CT molecular complexity index is 287. The van der Waals surface area contributed by atoms with Gasteiger partial charge in [-0.25, -0.2) is 14.4 Å². The first kappa shape index (κ1) is 9.37. The maximum absolute atomic E-state index is 12.3. The molecule has 0 aliphatic heterocycles. The fourth-order valence-electron chi connectivity index (χ4n) is 0.701. The topological polar surface area (TPSA) is 80.9 Å². The number of halogens is 1. The number of carbonyl (C=O) groups excluding carboxylic acids is 1. The Kier molecular flexibility index (Phi) is 3.13. The van der Waals surface area contributed by atoms with Crippen molar-refractivity contribution >= 4 is 11.9 Å². The highest BCUT2D eigenvalue weighted by atomic mass is 19.1. The number of aromatic nitrogens is 2. The average molecular weight is 184 g/mol. The van der Waals surface area contributed by atoms with Crippen LogP contribution in [0.2, 0.25) is 0 Å². The minimum absolute atomic E-state index is 0.195. The normalized spacial score (nSPS) is 9.62. The van der Waals surface area contributed by atoms with Crippen molar-refractivity contribution in [2.24, 2.45) is 5.73 Å². The van der Waals surface area contributed by atoms with Crippen LogP contribution in [0.25, 0.3) is 0 Å². The van der Waals surface area contributed by atoms with Crippen LogP contribution < -0.4 is 11.1 Å². The zero-order valence-corrected chi connectivity index (χ0v) is 6.83. The summed E-state index contributed by atoms with van der Waals surface area (Å²) in [5, 5.41) is 2.71. The number of primary amides is 1. The SMILES string of the molecule is NC(=O)CCNc1ncc(F)cn1. The smallest absolute Gasteiger partial charge is 0.222 e. The number of nitrogens with zero attached hydrogens (tertiary/aromatic N) is 2. The van der Waals surface area contributed by atoms with Gasteiger partial charge in [0.05, 0.1) is 12.4 Å². The van der Waals surface area contributed by atoms with E-state index in [2.05, 4.69) is 15.3 Å². The largest absolute Gasteiger partial charge is 0.370 e. The van der Waals surface area contributed by atoms with Gasteiger partial charge in [0.15, 0.2) is 5.82 Å². The standard InChI is InChI=1S/C7H9FN4O/c8-5-3-11-7(12-4-5)10-2-1-6(9)13/h3-4H,1-2H2,(H2,9,13)(H,10,11,12). The molecule has 0 atom stereocenters. The molecule has 0 aliphatic carbocycles. The van der Waals surface area contributed by atoms with Crippen LogP contribution in [0.4, 0.5) is 10.3 Å². The maximum atomic E-state index is 12.3. The monoisotopic (exact) mass is 184 g/mol. The average Bonchev–Trinajstić information content (AvgIpc) is 2.08. The molecule has 0 fully saturated rings. The van der Waals surface area contributed by atoms with Crippen molar-refractivity contribution in [1.82, 2.24) is 9.97 Å². The minimum Gasteiger partial charge on any atom is -0.370 e. The number of carbonyl (C=O) groups is 1. The van der Waals surface area contributed by atoms with Gasteiger partial charge in [-0.05, 0) is 0 Å². The number of anilines is 1. The van der Waals surface area contributed by atoms with Crippen molar-refractivity contribution in [2.45, 2.75) is 6.42 Å². The van der Waals surface area contributed by atoms with Gasteiger partial charge >= 0.3 is 0 Å². The van der Waals surface area contributed by atoms with Gasteiger partial charge in [-0.1, -0.05) is 0 Å². The van der Waals surface area contributed by atoms with E-state index in [1.165, 1.54) is 0 Å². The van der Waals surface area contributed by atoms with E-state index in [1.807, 2.05) is 0 Å². The molecule has 0 saturated carbocycles. The summed E-state index contributed by atoms with van der Waals surface area (Å²) in [6.07, 6.45) is 2.28. The molecule has 13 heavy (non-hydrogen) atoms. The Morgan fingerprint density at radius 3 is 2.69 bits per heavy atom. The maximum Gasteiger partial charge on any atom is 0.222 e. The van der Waals surface area contributed by atoms with Gasteiger partial charge in [0.2, 0.25) is 11.9 Å². The first-order valence-corrected chi connectivity index (χ1v) is 3.68. The summed E-state index contributed by atoms with van der Waals surface area (Å²) in [6, 6.07) is 0. The molecule has 0 unspecified atom stereocenters. The second-order valence-corrected chi connectivity index (χ2v) is 2.37. The molecular formula is C7H9FN4O. The second kappa shape index (κ2) is 4.34. The molecule has 6 heteroatoms. The van der Waals surface area contributed by atoms with Crippen LogP contribution in [-0.2, 0) is 4.79 Å². The number of amides is 1. The summed E-state index contributed by atoms with van der Waals surface area (Å²) in [5.74, 6) is -0.627. The number of nitrogens with two attached hydrogens (primary N) is 1. The number of nitrogens with one attached hydrogen (secondary N) is 1. The van der Waals surface area contributed by atoms with E-state index in [0.717, 1.165) is 12.4 Å². The Labute approximate surface area is 74.2 Å². The molecule has 3 N–H and O–H groups in total. The minimum atomic E-state index is -0.500. The van der Waals surface area contributed by atoms with Crippen LogP contribution in [0, 0.1) is 5.82 Å². The number of hydrogen-bond donors (Lipinski definition) is 2. The third kappa shape index (κ3) is 3.46. The predicted molar refractivity (Wildman–Crippen MR) is 44.3 cm³/mol. The summed E-state index contributed by atoms with van der Waals surface area (Å²) in [6.45, 7) is 0.348. The van der Waals surface area contributed by atoms with E-state index in [0.29, 0.717) is 6.54 Å². The molecule has 0 radical (unpaired) electrons. The molecule has 70 valence electrons. The molecule has 5 nitrogen and oxygen atoms in total. The fourth-order valence-corrected chi connectivity index (χ4v) is 0.701. The Balaban J connectivity index is 2.37. The lowest BCUT2D eigenvalue weighted by Gasteiger charge is -2.00. The quantitative estimate of drug-likeness (QED) is 0.684. The molecule has 0 aliphatic rings. The van der Waals surface area contributed by atoms with E-state index in [9.17, 15) is 9.18 Å². The van der Waals surface area contributed by atoms with Crippen molar-refractivity contribution in [1.29, 1.82) is 0 Å². The third-order valence-electron chi connectivity index (χ3n) is 1.27. The van der Waals surface area contributed by atoms with Crippen molar-refractivity contribution in [2.75, 3.05) is 11.9 Å². The van der Waals surface area contributed by atoms with Crippen molar-refractivity contribution < 1.29 is 9.18 Å². The summed E-state index contributed by atoms with van der Waals surface area (Å²) in [7, 11) is 0. The predicted octanol–water partition coefficient (Wildman–Crippen LogP) is -0.0970. The second-order valence-electron chi connectivity index (χ2n) is 2.37. The van der Waals surface area contributed by atoms with Crippen molar-refractivity contribution in [3.05, 3.63) is 18.2 Å². The first-order chi connectivity index (χ1) is 6.18. The third-order valence-corrected chi connectivity index (χ3v) is 1.27. The van der Waals surface area contributed by atoms with E-state index < -0.39 is 11.7 Å². The van der Waals surface area contributed by atoms with Crippen LogP contribution in [0.5, 0.6) is 0 Å². The van der Waals surface area contributed by atoms with Crippen LogP contribution in [-0.4, -0.2) is 22.4 Å². The van der Waals surface area contributed by atoms with Crippen LogP contribution in [0.1, 0.15) is 6.42 Å². The Hall–Kier alpha value is -1.72. The summed E-state index contributed by atoms with van der Waals surface area (Å²) >= 11 is 0. The van der Waals surface area contributed by atoms with Crippen LogP contribution in [0.15, 0.2) is 12.4 Å². The van der Waals surface area contributed by atoms with Crippen LogP contribution in [0.3, 0.4) is 0 Å². The summed E-state index contributed by atoms with van der Waals surface area (Å²) in [5.41, 5.74) is 4.90. The zero-order chi connectivity index (χ0) is 9.68. The van der Waals surface area contributed by atoms with Gasteiger partial charge in [0.25, 0.3) is 0 Å². The highest BCUT2D eigenvalue weighted by molar-refractivity contribution is 5.74. The van der Waals surface area contributed by atoms with Gasteiger partial charge in [0.1, 0.15) is 0 Å². The van der Waals surface area contributed by atoms with Crippen LogP contribution >= 0.6 is 0 Å². The van der Waals surface area contributed by atoms with Gasteiger partial charge in [-0.15, -0.1) is 0 Å². The molecule has 1 amide bonds. The summed E-state index contributed by atoms with van der Waals surface area (Å²) < 4.78 is 12.3. The first-order valence-electron chi connectivity index (χ1n) is 3.68. The van der Waals surface area contributed by atoms with E-state index in [1.54, 1.807) is 0 Å². The fraction of sp³-hybridized carbons (Fsp3) is 0.286. The molecule has 1 aromatic rings. The molecule has 0 bridgehead atoms. The lowest BCUT2D eigenvalue weighted by molar-refractivity contribution is -0.117. The zero-order valence-electron chi connectivity index (χ0n) is 6.83. The lowest BCUT2D eigenvalue weighted by atomic mass is 10.4. The Morgan fingerprint density at radius 1 is 1.54 bits per heavy atom. The highest BCUT2D eigenvalue weighted by Crippen LogP contribution is 1.97. The van der Waals surface area contributed by atoms with Gasteiger partial charge < -0.3 is 11.1 Å². The molecule has 1 heterocycles. The van der Waals surface area contributed by atoms with Gasteiger partial charge in [0, 0.05) is 13.0 Å². The van der Waals surface area contributed by atoms with E-state index in [-0.39, 0.29) is 12.4 Å². The highest BCUT2D eigenvalue weighted by Gasteiger charge is 1.97. The molecule has 0 aromatic carbocycles. The number of hydrogen-bond acceptors (Lipinski definition) is 4. The lowest BCUT2D eigenvalue weighted by Crippen LogP contribution is -2.16. The van der Waals surface area contributed by atoms with E-state index in [4.69, 9.17) is 5.73 Å². The number of rotatable bonds is 4. The molecule has 1 aromatic heterocycles. The molecular weight excluding hydrogens is 175 g/mol. The van der Waals surface area contributed by atoms with Crippen molar-refractivity contribution in [3.63, 3.8) is 0 Å². The molecule has 0 spiro atoms. The van der Waals surface area contributed by atoms with E-state index >= 15 is 0 Å². The van der Waals surface area contributed by atoms with Gasteiger partial charge in [-0.3, -0.25) is 4.79 Å². The molecule has 0 saturated heterocycles. The summed E-state index contributed by atoms with van der Waals surface area (Å²) in [4.78, 5) is 17.6. The van der Waals surface area contributed by atoms with Crippen molar-refractivity contribution in [3.8, 4) is 0 Å². The Morgan fingerprint density at radius 2 is 2.15 bits per heavy atom.